The molecule has 2 aromatic carbocycles. The summed E-state index contributed by atoms with van der Waals surface area (Å²) >= 11 is 0. The van der Waals surface area contributed by atoms with E-state index in [0.717, 1.165) is 0 Å². The minimum atomic E-state index is -3.98. The Balaban J connectivity index is 2.53. The van der Waals surface area contributed by atoms with E-state index in [2.05, 4.69) is 0 Å². The number of hydrogen-bond acceptors (Lipinski definition) is 5. The number of nitrogens with zero attached hydrogens (tertiary/aromatic N) is 2. The third kappa shape index (κ3) is 2.48. The first-order valence-electron chi connectivity index (χ1n) is 7.09. The molecule has 0 saturated heterocycles. The van der Waals surface area contributed by atoms with Crippen molar-refractivity contribution in [2.75, 3.05) is 14.2 Å². The molecule has 0 spiro atoms. The molecule has 1 heterocycles. The van der Waals surface area contributed by atoms with Crippen LogP contribution in [0.1, 0.15) is 0 Å². The Morgan fingerprint density at radius 3 is 2.21 bits per heavy atom. The van der Waals surface area contributed by atoms with Gasteiger partial charge in [-0.1, -0.05) is 30.3 Å². The van der Waals surface area contributed by atoms with Gasteiger partial charge in [-0.15, -0.1) is 0 Å². The van der Waals surface area contributed by atoms with E-state index in [1.165, 1.54) is 26.4 Å². The average molecular weight is 346 g/mol. The molecule has 0 N–H and O–H groups in total. The fourth-order valence-electron chi connectivity index (χ4n) is 2.56. The minimum Gasteiger partial charge on any atom is -0.803 e. The predicted octanol–water partition coefficient (Wildman–Crippen LogP) is 1.61. The van der Waals surface area contributed by atoms with Gasteiger partial charge in [-0.3, -0.25) is 0 Å². The van der Waals surface area contributed by atoms with Gasteiger partial charge in [-0.25, -0.2) is 9.05 Å². The summed E-state index contributed by atoms with van der Waals surface area (Å²) < 4.78 is 11.0. The summed E-state index contributed by atoms with van der Waals surface area (Å²) in [4.78, 5) is 25.9. The van der Waals surface area contributed by atoms with E-state index < -0.39 is 7.94 Å². The molecule has 0 aliphatic carbocycles. The molecule has 0 saturated carbocycles. The number of para-hydroxylation sites is 2. The normalized spacial score (nSPS) is 11.8. The van der Waals surface area contributed by atoms with Crippen LogP contribution in [0.2, 0.25) is 0 Å². The molecule has 24 heavy (non-hydrogen) atoms. The molecule has 0 amide bonds. The molecule has 1 aromatic heterocycles. The molecule has 124 valence electrons. The van der Waals surface area contributed by atoms with Crippen LogP contribution in [0.3, 0.4) is 0 Å². The third-order valence-electron chi connectivity index (χ3n) is 3.71. The zero-order valence-corrected chi connectivity index (χ0v) is 14.0. The van der Waals surface area contributed by atoms with Crippen LogP contribution in [0.4, 0.5) is 0 Å². The molecular weight excluding hydrogens is 331 g/mol. The summed E-state index contributed by atoms with van der Waals surface area (Å²) in [7, 11) is -1.64. The van der Waals surface area contributed by atoms with Gasteiger partial charge in [0.1, 0.15) is 5.52 Å². The second-order valence-corrected chi connectivity index (χ2v) is 7.13. The van der Waals surface area contributed by atoms with Crippen LogP contribution in [-0.2, 0) is 9.05 Å². The maximum Gasteiger partial charge on any atom is 0.335 e. The summed E-state index contributed by atoms with van der Waals surface area (Å²) in [5, 5.41) is 12.9. The van der Waals surface area contributed by atoms with E-state index in [9.17, 15) is 15.0 Å². The molecule has 0 atom stereocenters. The van der Waals surface area contributed by atoms with Crippen molar-refractivity contribution in [1.82, 2.24) is 4.73 Å². The van der Waals surface area contributed by atoms with E-state index in [1.807, 2.05) is 0 Å². The molecule has 0 aliphatic rings. The van der Waals surface area contributed by atoms with Crippen molar-refractivity contribution in [1.29, 1.82) is 0 Å². The number of benzene rings is 2. The fraction of sp³-hybridized carbons (Fsp3) is 0.125. The lowest BCUT2D eigenvalue weighted by Crippen LogP contribution is -2.39. The van der Waals surface area contributed by atoms with E-state index in [4.69, 9.17) is 9.05 Å². The van der Waals surface area contributed by atoms with Crippen LogP contribution in [0.5, 0.6) is 0 Å². The van der Waals surface area contributed by atoms with Gasteiger partial charge in [0.2, 0.25) is 0 Å². The summed E-state index contributed by atoms with van der Waals surface area (Å²) in [6, 6.07) is 14.8. The Kier molecular flexibility index (Phi) is 4.34. The van der Waals surface area contributed by atoms with Crippen molar-refractivity contribution < 1.29 is 18.4 Å². The Labute approximate surface area is 138 Å². The lowest BCUT2D eigenvalue weighted by molar-refractivity contribution is -0.450. The molecule has 3 rings (SSSR count). The SMILES string of the molecule is CO[P+]([O-])(OC)c1c(-c2ccccc2)[n+](=O)c2ccccc2n1[O-]. The van der Waals surface area contributed by atoms with Crippen LogP contribution in [0.15, 0.2) is 54.6 Å². The molecule has 0 radical (unpaired) electrons. The van der Waals surface area contributed by atoms with Gasteiger partial charge < -0.3 is 14.8 Å². The lowest BCUT2D eigenvalue weighted by atomic mass is 10.1. The van der Waals surface area contributed by atoms with Gasteiger partial charge in [-0.05, 0) is 18.2 Å². The van der Waals surface area contributed by atoms with Gasteiger partial charge >= 0.3 is 5.69 Å². The van der Waals surface area contributed by atoms with Crippen LogP contribution < -0.4 is 14.8 Å². The molecule has 8 heteroatoms. The van der Waals surface area contributed by atoms with Gasteiger partial charge in [0.25, 0.3) is 18.9 Å². The first kappa shape index (κ1) is 16.5. The van der Waals surface area contributed by atoms with Crippen LogP contribution in [0.25, 0.3) is 22.3 Å². The summed E-state index contributed by atoms with van der Waals surface area (Å²) in [5.74, 6) is 0. The second kappa shape index (κ2) is 6.30. The zero-order valence-electron chi connectivity index (χ0n) is 13.1. The maximum absolute atomic E-state index is 12.9. The molecule has 0 fully saturated rings. The highest BCUT2D eigenvalue weighted by Gasteiger charge is 2.43. The lowest BCUT2D eigenvalue weighted by Gasteiger charge is -2.28. The standard InChI is InChI=1S/C16H15N2O5P/c1-22-24(21,23-2)16-15(12-8-4-3-5-9-12)17(19)13-10-6-7-11-14(13)18(16)20/h3-11H,1-2H3. The molecule has 3 aromatic rings. The largest absolute Gasteiger partial charge is 0.803 e. The zero-order chi connectivity index (χ0) is 17.3. The van der Waals surface area contributed by atoms with Crippen molar-refractivity contribution in [3.05, 3.63) is 64.7 Å². The van der Waals surface area contributed by atoms with Crippen LogP contribution >= 0.6 is 7.94 Å². The fourth-order valence-corrected chi connectivity index (χ4v) is 3.86. The highest BCUT2D eigenvalue weighted by Crippen LogP contribution is 2.51. The number of rotatable bonds is 4. The Bertz CT molecular complexity index is 938. The molecule has 0 aliphatic heterocycles. The van der Waals surface area contributed by atoms with Crippen molar-refractivity contribution in [3.8, 4) is 11.3 Å². The van der Waals surface area contributed by atoms with E-state index in [1.54, 1.807) is 42.5 Å². The number of fused-ring (bicyclic) bond motifs is 1. The quantitative estimate of drug-likeness (QED) is 0.529. The smallest absolute Gasteiger partial charge is 0.335 e. The minimum absolute atomic E-state index is 0.0590. The Morgan fingerprint density at radius 1 is 1.00 bits per heavy atom. The predicted molar refractivity (Wildman–Crippen MR) is 90.1 cm³/mol. The Hall–Kier alpha value is -2.31. The van der Waals surface area contributed by atoms with E-state index in [0.29, 0.717) is 14.7 Å². The second-order valence-electron chi connectivity index (χ2n) is 4.98. The van der Waals surface area contributed by atoms with E-state index >= 15 is 0 Å². The maximum atomic E-state index is 12.9. The van der Waals surface area contributed by atoms with Gasteiger partial charge in [-0.2, -0.15) is 0 Å². The highest BCUT2D eigenvalue weighted by atomic mass is 31.2. The molecule has 0 bridgehead atoms. The van der Waals surface area contributed by atoms with E-state index in [-0.39, 0.29) is 22.2 Å². The van der Waals surface area contributed by atoms with Crippen molar-refractivity contribution in [2.45, 2.75) is 0 Å². The first-order chi connectivity index (χ1) is 11.5. The van der Waals surface area contributed by atoms with Crippen LogP contribution in [-0.4, -0.2) is 19.0 Å². The highest BCUT2D eigenvalue weighted by molar-refractivity contribution is 7.67. The summed E-state index contributed by atoms with van der Waals surface area (Å²) in [6.07, 6.45) is 0. The van der Waals surface area contributed by atoms with Crippen molar-refractivity contribution in [2.24, 2.45) is 0 Å². The molecule has 0 unspecified atom stereocenters. The van der Waals surface area contributed by atoms with Crippen molar-refractivity contribution >= 4 is 24.4 Å². The Morgan fingerprint density at radius 2 is 1.58 bits per heavy atom. The monoisotopic (exact) mass is 346 g/mol. The number of hydrogen-bond donors (Lipinski definition) is 0. The topological polar surface area (TPSA) is 92.5 Å². The van der Waals surface area contributed by atoms with Crippen LogP contribution in [0, 0.1) is 10.1 Å². The summed E-state index contributed by atoms with van der Waals surface area (Å²) in [6.45, 7) is 0. The van der Waals surface area contributed by atoms with Gasteiger partial charge in [0.05, 0.1) is 24.2 Å². The molecular formula is C16H15N2O5P. The van der Waals surface area contributed by atoms with Gasteiger partial charge in [0, 0.05) is 11.0 Å². The third-order valence-corrected chi connectivity index (χ3v) is 5.59. The average Bonchev–Trinajstić information content (AvgIpc) is 2.64. The molecule has 7 nitrogen and oxygen atoms in total. The van der Waals surface area contributed by atoms with Gasteiger partial charge in [0.15, 0.2) is 0 Å². The number of aromatic nitrogens is 2. The van der Waals surface area contributed by atoms with Crippen molar-refractivity contribution in [3.63, 3.8) is 0 Å². The summed E-state index contributed by atoms with van der Waals surface area (Å²) in [5.41, 5.74) is 0.279. The first-order valence-corrected chi connectivity index (χ1v) is 8.63.